The van der Waals surface area contributed by atoms with E-state index in [-0.39, 0.29) is 15.8 Å². The van der Waals surface area contributed by atoms with Gasteiger partial charge in [0.25, 0.3) is 5.91 Å². The fourth-order valence-corrected chi connectivity index (χ4v) is 2.41. The van der Waals surface area contributed by atoms with E-state index < -0.39 is 5.82 Å². The zero-order valence-corrected chi connectivity index (χ0v) is 12.7. The van der Waals surface area contributed by atoms with Crippen LogP contribution in [0.15, 0.2) is 41.1 Å². The van der Waals surface area contributed by atoms with Gasteiger partial charge >= 0.3 is 0 Å². The Labute approximate surface area is 128 Å². The lowest BCUT2D eigenvalue weighted by Gasteiger charge is -2.05. The predicted molar refractivity (Wildman–Crippen MR) is 82.9 cm³/mol. The van der Waals surface area contributed by atoms with Gasteiger partial charge in [-0.05, 0) is 35.0 Å². The maximum Gasteiger partial charge on any atom is 0.255 e. The van der Waals surface area contributed by atoms with Crippen LogP contribution in [-0.2, 0) is 0 Å². The van der Waals surface area contributed by atoms with Crippen molar-refractivity contribution in [2.45, 2.75) is 6.92 Å². The number of hydrogen-bond acceptors (Lipinski definition) is 2. The molecule has 0 fully saturated rings. The highest BCUT2D eigenvalue weighted by Gasteiger charge is 2.15. The molecule has 106 valence electrons. The van der Waals surface area contributed by atoms with Gasteiger partial charge in [0.2, 0.25) is 0 Å². The number of aromatic amines is 1. The smallest absolute Gasteiger partial charge is 0.255 e. The maximum atomic E-state index is 14.2. The van der Waals surface area contributed by atoms with Gasteiger partial charge < -0.3 is 10.3 Å². The Hall–Kier alpha value is -2.21. The summed E-state index contributed by atoms with van der Waals surface area (Å²) >= 11 is 3.09. The van der Waals surface area contributed by atoms with Crippen molar-refractivity contribution in [2.75, 3.05) is 5.32 Å². The average Bonchev–Trinajstić information content (AvgIpc) is 2.86. The molecule has 0 saturated carbocycles. The van der Waals surface area contributed by atoms with E-state index in [1.165, 1.54) is 12.4 Å². The molecule has 0 aliphatic heterocycles. The van der Waals surface area contributed by atoms with Crippen molar-refractivity contribution in [3.8, 4) is 0 Å². The summed E-state index contributed by atoms with van der Waals surface area (Å²) in [5.74, 6) is -0.750. The Morgan fingerprint density at radius 2 is 2.24 bits per heavy atom. The average molecular weight is 348 g/mol. The van der Waals surface area contributed by atoms with E-state index in [0.29, 0.717) is 16.9 Å². The Morgan fingerprint density at radius 3 is 3.00 bits per heavy atom. The van der Waals surface area contributed by atoms with Crippen molar-refractivity contribution < 1.29 is 9.18 Å². The number of anilines is 1. The number of rotatable bonds is 2. The molecule has 0 unspecified atom stereocenters. The summed E-state index contributed by atoms with van der Waals surface area (Å²) in [5, 5.41) is 2.96. The Morgan fingerprint density at radius 1 is 1.43 bits per heavy atom. The lowest BCUT2D eigenvalue weighted by molar-refractivity contribution is 0.102. The number of benzene rings is 1. The minimum Gasteiger partial charge on any atom is -0.344 e. The third-order valence-electron chi connectivity index (χ3n) is 3.12. The van der Waals surface area contributed by atoms with Gasteiger partial charge in [0.1, 0.15) is 5.65 Å². The quantitative estimate of drug-likeness (QED) is 0.735. The summed E-state index contributed by atoms with van der Waals surface area (Å²) in [5.41, 5.74) is 2.25. The minimum absolute atomic E-state index is 0.251. The number of carbonyl (C=O) groups excluding carboxylic acids is 1. The van der Waals surface area contributed by atoms with Crippen molar-refractivity contribution in [3.63, 3.8) is 0 Å². The molecule has 1 amide bonds. The van der Waals surface area contributed by atoms with Crippen molar-refractivity contribution in [2.24, 2.45) is 0 Å². The zero-order valence-electron chi connectivity index (χ0n) is 11.1. The monoisotopic (exact) mass is 347 g/mol. The standard InChI is InChI=1S/C15H11BrFN3O/c1-8-3-2-4-9(5-8)15(21)20-11-7-19-14-12(11)13(17)10(16)6-18-14/h2-7H,1H3,(H,18,19)(H,20,21). The largest absolute Gasteiger partial charge is 0.344 e. The topological polar surface area (TPSA) is 57.8 Å². The number of H-pyrrole nitrogens is 1. The molecule has 0 atom stereocenters. The molecule has 21 heavy (non-hydrogen) atoms. The van der Waals surface area contributed by atoms with E-state index in [1.807, 2.05) is 13.0 Å². The number of pyridine rings is 1. The van der Waals surface area contributed by atoms with Crippen molar-refractivity contribution in [3.05, 3.63) is 58.1 Å². The van der Waals surface area contributed by atoms with Gasteiger partial charge in [-0.2, -0.15) is 0 Å². The summed E-state index contributed by atoms with van der Waals surface area (Å²) in [6.45, 7) is 1.91. The molecular formula is C15H11BrFN3O. The van der Waals surface area contributed by atoms with Crippen LogP contribution in [0.2, 0.25) is 0 Å². The molecule has 0 spiro atoms. The minimum atomic E-state index is -0.458. The van der Waals surface area contributed by atoms with E-state index in [0.717, 1.165) is 5.56 Å². The fraction of sp³-hybridized carbons (Fsp3) is 0.0667. The molecule has 1 aromatic carbocycles. The highest BCUT2D eigenvalue weighted by atomic mass is 79.9. The number of fused-ring (bicyclic) bond motifs is 1. The summed E-state index contributed by atoms with van der Waals surface area (Å²) in [6, 6.07) is 7.19. The van der Waals surface area contributed by atoms with Gasteiger partial charge in [-0.15, -0.1) is 0 Å². The molecule has 3 rings (SSSR count). The molecule has 0 saturated heterocycles. The summed E-state index contributed by atoms with van der Waals surface area (Å²) in [4.78, 5) is 19.1. The predicted octanol–water partition coefficient (Wildman–Crippen LogP) is 4.03. The Balaban J connectivity index is 1.99. The van der Waals surface area contributed by atoms with Gasteiger partial charge in [-0.25, -0.2) is 9.37 Å². The second-order valence-electron chi connectivity index (χ2n) is 4.67. The Kier molecular flexibility index (Phi) is 3.47. The van der Waals surface area contributed by atoms with Crippen LogP contribution in [0.1, 0.15) is 15.9 Å². The van der Waals surface area contributed by atoms with Gasteiger partial charge in [-0.3, -0.25) is 4.79 Å². The molecule has 0 bridgehead atoms. The molecule has 4 nitrogen and oxygen atoms in total. The maximum absolute atomic E-state index is 14.2. The van der Waals surface area contributed by atoms with Crippen molar-refractivity contribution >= 4 is 38.6 Å². The fourth-order valence-electron chi connectivity index (χ4n) is 2.11. The summed E-state index contributed by atoms with van der Waals surface area (Å²) < 4.78 is 14.4. The molecule has 0 aliphatic rings. The molecule has 0 radical (unpaired) electrons. The number of aryl methyl sites for hydroxylation is 1. The number of amides is 1. The number of nitrogens with one attached hydrogen (secondary N) is 2. The van der Waals surface area contributed by atoms with Gasteiger partial charge in [-0.1, -0.05) is 17.7 Å². The van der Waals surface area contributed by atoms with Gasteiger partial charge in [0.05, 0.1) is 15.5 Å². The number of aromatic nitrogens is 2. The summed E-state index contributed by atoms with van der Waals surface area (Å²) in [7, 11) is 0. The van der Waals surface area contributed by atoms with Gasteiger partial charge in [0.15, 0.2) is 5.82 Å². The first-order chi connectivity index (χ1) is 10.1. The van der Waals surface area contributed by atoms with Crippen LogP contribution in [0.4, 0.5) is 10.1 Å². The first-order valence-electron chi connectivity index (χ1n) is 6.25. The normalized spacial score (nSPS) is 10.8. The van der Waals surface area contributed by atoms with E-state index in [9.17, 15) is 9.18 Å². The van der Waals surface area contributed by atoms with Crippen LogP contribution in [0, 0.1) is 12.7 Å². The molecular weight excluding hydrogens is 337 g/mol. The van der Waals surface area contributed by atoms with E-state index in [1.54, 1.807) is 18.2 Å². The highest BCUT2D eigenvalue weighted by molar-refractivity contribution is 9.10. The SMILES string of the molecule is Cc1cccc(C(=O)Nc2c[nH]c3ncc(Br)c(F)c23)c1. The number of hydrogen-bond donors (Lipinski definition) is 2. The molecule has 2 heterocycles. The highest BCUT2D eigenvalue weighted by Crippen LogP contribution is 2.29. The lowest BCUT2D eigenvalue weighted by atomic mass is 10.1. The van der Waals surface area contributed by atoms with E-state index >= 15 is 0 Å². The number of nitrogens with zero attached hydrogens (tertiary/aromatic N) is 1. The van der Waals surface area contributed by atoms with Crippen LogP contribution < -0.4 is 5.32 Å². The zero-order chi connectivity index (χ0) is 15.0. The van der Waals surface area contributed by atoms with Gasteiger partial charge in [0, 0.05) is 18.0 Å². The third-order valence-corrected chi connectivity index (χ3v) is 3.68. The first kappa shape index (κ1) is 13.8. The third kappa shape index (κ3) is 2.54. The second-order valence-corrected chi connectivity index (χ2v) is 5.52. The van der Waals surface area contributed by atoms with Crippen LogP contribution >= 0.6 is 15.9 Å². The summed E-state index contributed by atoms with van der Waals surface area (Å²) in [6.07, 6.45) is 2.90. The number of halogens is 2. The van der Waals surface area contributed by atoms with Crippen LogP contribution in [0.5, 0.6) is 0 Å². The second kappa shape index (κ2) is 5.29. The molecule has 2 aromatic heterocycles. The van der Waals surface area contributed by atoms with Crippen LogP contribution in [-0.4, -0.2) is 15.9 Å². The lowest BCUT2D eigenvalue weighted by Crippen LogP contribution is -2.11. The van der Waals surface area contributed by atoms with Crippen LogP contribution in [0.25, 0.3) is 11.0 Å². The van der Waals surface area contributed by atoms with Crippen molar-refractivity contribution in [1.82, 2.24) is 9.97 Å². The Bertz CT molecular complexity index is 844. The molecule has 6 heteroatoms. The molecule has 0 aliphatic carbocycles. The van der Waals surface area contributed by atoms with E-state index in [4.69, 9.17) is 0 Å². The van der Waals surface area contributed by atoms with Crippen LogP contribution in [0.3, 0.4) is 0 Å². The first-order valence-corrected chi connectivity index (χ1v) is 7.04. The molecule has 2 N–H and O–H groups in total. The van der Waals surface area contributed by atoms with E-state index in [2.05, 4.69) is 31.2 Å². The molecule has 3 aromatic rings. The van der Waals surface area contributed by atoms with Crippen molar-refractivity contribution in [1.29, 1.82) is 0 Å². The number of carbonyl (C=O) groups is 1.